The molecule has 0 spiro atoms. The summed E-state index contributed by atoms with van der Waals surface area (Å²) in [6, 6.07) is 7.94. The number of carbonyl (C=O) groups is 1. The summed E-state index contributed by atoms with van der Waals surface area (Å²) in [4.78, 5) is 13.3. The minimum absolute atomic E-state index is 0.206. The van der Waals surface area contributed by atoms with Crippen LogP contribution in [0.1, 0.15) is 19.4 Å². The third-order valence-electron chi connectivity index (χ3n) is 2.67. The van der Waals surface area contributed by atoms with Crippen molar-refractivity contribution in [3.8, 4) is 5.75 Å². The Morgan fingerprint density at radius 2 is 1.89 bits per heavy atom. The third-order valence-corrected chi connectivity index (χ3v) is 2.67. The average Bonchev–Trinajstić information content (AvgIpc) is 2.40. The van der Waals surface area contributed by atoms with Gasteiger partial charge in [-0.3, -0.25) is 9.69 Å². The number of hydrogen-bond donors (Lipinski definition) is 0. The molecule has 0 bridgehead atoms. The van der Waals surface area contributed by atoms with Gasteiger partial charge in [0.15, 0.2) is 0 Å². The molecule has 0 aliphatic heterocycles. The van der Waals surface area contributed by atoms with Crippen LogP contribution in [0.25, 0.3) is 0 Å². The van der Waals surface area contributed by atoms with Gasteiger partial charge in [0.05, 0.1) is 20.3 Å². The molecule has 0 heterocycles. The van der Waals surface area contributed by atoms with Crippen molar-refractivity contribution in [2.45, 2.75) is 20.4 Å². The van der Waals surface area contributed by atoms with Crippen molar-refractivity contribution in [2.24, 2.45) is 0 Å². The number of esters is 1. The molecule has 0 aliphatic rings. The van der Waals surface area contributed by atoms with Crippen LogP contribution in [-0.4, -0.2) is 37.7 Å². The van der Waals surface area contributed by atoms with Gasteiger partial charge in [0.25, 0.3) is 0 Å². The number of rotatable bonds is 7. The van der Waals surface area contributed by atoms with Crippen molar-refractivity contribution in [2.75, 3.05) is 26.8 Å². The van der Waals surface area contributed by atoms with Crippen molar-refractivity contribution >= 4 is 5.97 Å². The zero-order valence-electron chi connectivity index (χ0n) is 11.3. The van der Waals surface area contributed by atoms with Gasteiger partial charge in [0.1, 0.15) is 5.75 Å². The quantitative estimate of drug-likeness (QED) is 0.695. The molecule has 4 heteroatoms. The monoisotopic (exact) mass is 251 g/mol. The van der Waals surface area contributed by atoms with Crippen LogP contribution in [0.15, 0.2) is 24.3 Å². The number of nitrogens with zero attached hydrogens (tertiary/aromatic N) is 1. The van der Waals surface area contributed by atoms with Crippen LogP contribution >= 0.6 is 0 Å². The van der Waals surface area contributed by atoms with Crippen LogP contribution in [0.2, 0.25) is 0 Å². The Balaban J connectivity index is 2.56. The maximum absolute atomic E-state index is 11.2. The first kappa shape index (κ1) is 14.5. The summed E-state index contributed by atoms with van der Waals surface area (Å²) in [5.41, 5.74) is 1.16. The van der Waals surface area contributed by atoms with Gasteiger partial charge in [-0.25, -0.2) is 0 Å². The smallest absolute Gasteiger partial charge is 0.319 e. The molecule has 0 N–H and O–H groups in total. The fourth-order valence-corrected chi connectivity index (χ4v) is 1.64. The zero-order valence-corrected chi connectivity index (χ0v) is 11.3. The largest absolute Gasteiger partial charge is 0.494 e. The second kappa shape index (κ2) is 7.71. The van der Waals surface area contributed by atoms with Crippen LogP contribution in [0, 0.1) is 0 Å². The molecule has 0 aliphatic carbocycles. The van der Waals surface area contributed by atoms with Gasteiger partial charge in [-0.2, -0.15) is 0 Å². The Hall–Kier alpha value is -1.55. The Bertz CT molecular complexity index is 362. The van der Waals surface area contributed by atoms with E-state index in [1.165, 1.54) is 7.11 Å². The highest BCUT2D eigenvalue weighted by atomic mass is 16.5. The molecule has 1 aromatic carbocycles. The minimum Gasteiger partial charge on any atom is -0.494 e. The van der Waals surface area contributed by atoms with E-state index in [9.17, 15) is 4.79 Å². The van der Waals surface area contributed by atoms with E-state index in [1.807, 2.05) is 43.0 Å². The Kier molecular flexibility index (Phi) is 6.22. The summed E-state index contributed by atoms with van der Waals surface area (Å²) in [5, 5.41) is 0. The molecule has 0 saturated heterocycles. The normalized spacial score (nSPS) is 10.4. The first-order valence-electron chi connectivity index (χ1n) is 6.20. The highest BCUT2D eigenvalue weighted by Crippen LogP contribution is 2.13. The maximum atomic E-state index is 11.2. The van der Waals surface area contributed by atoms with E-state index in [4.69, 9.17) is 4.74 Å². The topological polar surface area (TPSA) is 38.8 Å². The fraction of sp³-hybridized carbons (Fsp3) is 0.500. The zero-order chi connectivity index (χ0) is 13.4. The standard InChI is InChI=1S/C14H21NO3/c1-4-15(11-14(16)17-3)10-12-6-8-13(9-7-12)18-5-2/h6-9H,4-5,10-11H2,1-3H3. The van der Waals surface area contributed by atoms with E-state index in [0.717, 1.165) is 24.4 Å². The predicted octanol–water partition coefficient (Wildman–Crippen LogP) is 2.08. The third kappa shape index (κ3) is 4.75. The lowest BCUT2D eigenvalue weighted by Crippen LogP contribution is -2.29. The van der Waals surface area contributed by atoms with E-state index in [1.54, 1.807) is 0 Å². The van der Waals surface area contributed by atoms with Crippen LogP contribution in [0.3, 0.4) is 0 Å². The number of carbonyl (C=O) groups excluding carboxylic acids is 1. The van der Waals surface area contributed by atoms with E-state index in [0.29, 0.717) is 13.2 Å². The van der Waals surface area contributed by atoms with Crippen molar-refractivity contribution in [1.82, 2.24) is 4.90 Å². The van der Waals surface area contributed by atoms with Crippen molar-refractivity contribution in [3.05, 3.63) is 29.8 Å². The van der Waals surface area contributed by atoms with E-state index >= 15 is 0 Å². The van der Waals surface area contributed by atoms with Gasteiger partial charge in [0.2, 0.25) is 0 Å². The van der Waals surface area contributed by atoms with E-state index in [2.05, 4.69) is 4.74 Å². The molecule has 0 unspecified atom stereocenters. The Morgan fingerprint density at radius 1 is 1.22 bits per heavy atom. The maximum Gasteiger partial charge on any atom is 0.319 e. The lowest BCUT2D eigenvalue weighted by Gasteiger charge is -2.19. The van der Waals surface area contributed by atoms with Gasteiger partial charge >= 0.3 is 5.97 Å². The van der Waals surface area contributed by atoms with Crippen molar-refractivity contribution in [3.63, 3.8) is 0 Å². The molecule has 4 nitrogen and oxygen atoms in total. The van der Waals surface area contributed by atoms with Crippen molar-refractivity contribution < 1.29 is 14.3 Å². The molecule has 0 aromatic heterocycles. The number of benzene rings is 1. The highest BCUT2D eigenvalue weighted by Gasteiger charge is 2.09. The van der Waals surface area contributed by atoms with Gasteiger partial charge < -0.3 is 9.47 Å². The molecule has 0 radical (unpaired) electrons. The minimum atomic E-state index is -0.206. The number of hydrogen-bond acceptors (Lipinski definition) is 4. The molecule has 0 atom stereocenters. The first-order valence-corrected chi connectivity index (χ1v) is 6.20. The first-order chi connectivity index (χ1) is 8.69. The lowest BCUT2D eigenvalue weighted by molar-refractivity contribution is -0.142. The van der Waals surface area contributed by atoms with Crippen LogP contribution < -0.4 is 4.74 Å². The molecule has 1 aromatic rings. The lowest BCUT2D eigenvalue weighted by atomic mass is 10.2. The van der Waals surface area contributed by atoms with Gasteiger partial charge in [-0.05, 0) is 31.2 Å². The highest BCUT2D eigenvalue weighted by molar-refractivity contribution is 5.71. The SMILES string of the molecule is CCOc1ccc(CN(CC)CC(=O)OC)cc1. The van der Waals surface area contributed by atoms with Gasteiger partial charge in [-0.15, -0.1) is 0 Å². The summed E-state index contributed by atoms with van der Waals surface area (Å²) in [5.74, 6) is 0.667. The second-order valence-electron chi connectivity index (χ2n) is 3.96. The van der Waals surface area contributed by atoms with Crippen LogP contribution in [0.5, 0.6) is 5.75 Å². The summed E-state index contributed by atoms with van der Waals surface area (Å²) >= 11 is 0. The number of ether oxygens (including phenoxy) is 2. The molecule has 1 rings (SSSR count). The Morgan fingerprint density at radius 3 is 2.39 bits per heavy atom. The molecular weight excluding hydrogens is 230 g/mol. The van der Waals surface area contributed by atoms with E-state index in [-0.39, 0.29) is 5.97 Å². The molecule has 0 fully saturated rings. The molecule has 0 amide bonds. The molecule has 100 valence electrons. The van der Waals surface area contributed by atoms with Crippen molar-refractivity contribution in [1.29, 1.82) is 0 Å². The number of likely N-dealkylation sites (N-methyl/N-ethyl adjacent to an activating group) is 1. The summed E-state index contributed by atoms with van der Waals surface area (Å²) in [6.45, 7) is 6.52. The van der Waals surface area contributed by atoms with Gasteiger partial charge in [-0.1, -0.05) is 19.1 Å². The Labute approximate surface area is 108 Å². The average molecular weight is 251 g/mol. The second-order valence-corrected chi connectivity index (χ2v) is 3.96. The summed E-state index contributed by atoms with van der Waals surface area (Å²) < 4.78 is 10.1. The van der Waals surface area contributed by atoms with Crippen LogP contribution in [0.4, 0.5) is 0 Å². The summed E-state index contributed by atoms with van der Waals surface area (Å²) in [7, 11) is 1.41. The van der Waals surface area contributed by atoms with Gasteiger partial charge in [0, 0.05) is 6.54 Å². The van der Waals surface area contributed by atoms with E-state index < -0.39 is 0 Å². The summed E-state index contributed by atoms with van der Waals surface area (Å²) in [6.07, 6.45) is 0. The molecular formula is C14H21NO3. The molecule has 0 saturated carbocycles. The number of methoxy groups -OCH3 is 1. The predicted molar refractivity (Wildman–Crippen MR) is 70.6 cm³/mol. The molecule has 18 heavy (non-hydrogen) atoms. The fourth-order valence-electron chi connectivity index (χ4n) is 1.64. The van der Waals surface area contributed by atoms with Crippen LogP contribution in [-0.2, 0) is 16.1 Å².